The molecule has 11 nitrogen and oxygen atoms in total. The Morgan fingerprint density at radius 3 is 2.24 bits per heavy atom. The molecule has 1 saturated carbocycles. The fraction of sp³-hybridized carbons (Fsp3) is 0.556. The van der Waals surface area contributed by atoms with Gasteiger partial charge in [-0.15, -0.1) is 12.4 Å². The highest BCUT2D eigenvalue weighted by Crippen LogP contribution is 2.44. The third-order valence-corrected chi connectivity index (χ3v) is 7.97. The molecule has 15 heteroatoms. The number of urea groups is 1. The van der Waals surface area contributed by atoms with E-state index in [-0.39, 0.29) is 67.5 Å². The maximum Gasteiger partial charge on any atom is 0.416 e. The number of aromatic nitrogens is 2. The lowest BCUT2D eigenvalue weighted by molar-refractivity contribution is -0.138. The molecule has 230 valence electrons. The van der Waals surface area contributed by atoms with Gasteiger partial charge in [-0.1, -0.05) is 6.07 Å². The number of hydrogen-bond donors (Lipinski definition) is 3. The Labute approximate surface area is 247 Å². The zero-order valence-electron chi connectivity index (χ0n) is 23.4. The molecule has 3 aliphatic rings. The molecule has 3 amide bonds. The Bertz CT molecular complexity index is 1380. The van der Waals surface area contributed by atoms with Crippen LogP contribution in [0.5, 0.6) is 0 Å². The topological polar surface area (TPSA) is 143 Å². The first kappa shape index (κ1) is 31.7. The number of carbonyl (C=O) groups is 2. The van der Waals surface area contributed by atoms with E-state index in [1.54, 1.807) is 18.7 Å². The first-order valence-electron chi connectivity index (χ1n) is 13.6. The average molecular weight is 613 g/mol. The molecule has 2 unspecified atom stereocenters. The van der Waals surface area contributed by atoms with Crippen LogP contribution in [-0.2, 0) is 17.5 Å². The molecule has 2 saturated heterocycles. The van der Waals surface area contributed by atoms with Gasteiger partial charge in [-0.05, 0) is 49.4 Å². The molecule has 5 N–H and O–H groups in total. The summed E-state index contributed by atoms with van der Waals surface area (Å²) in [7, 11) is 0. The maximum atomic E-state index is 14.0. The average Bonchev–Trinajstić information content (AvgIpc) is 3.27. The minimum Gasteiger partial charge on any atom is -0.339 e. The number of fused-ring (bicyclic) bond motifs is 1. The van der Waals surface area contributed by atoms with Crippen LogP contribution in [0.3, 0.4) is 0 Å². The third kappa shape index (κ3) is 7.05. The molecule has 0 spiro atoms. The highest BCUT2D eigenvalue weighted by atomic mass is 35.5. The van der Waals surface area contributed by atoms with E-state index in [0.29, 0.717) is 38.0 Å². The van der Waals surface area contributed by atoms with E-state index >= 15 is 0 Å². The van der Waals surface area contributed by atoms with Gasteiger partial charge >= 0.3 is 17.9 Å². The van der Waals surface area contributed by atoms with Crippen molar-refractivity contribution in [3.8, 4) is 5.69 Å². The molecule has 3 fully saturated rings. The summed E-state index contributed by atoms with van der Waals surface area (Å²) in [6.07, 6.45) is -3.13. The van der Waals surface area contributed by atoms with Gasteiger partial charge in [0.2, 0.25) is 5.91 Å². The number of alkyl halides is 3. The number of hydrogen-bond acceptors (Lipinski definition) is 7. The molecule has 2 atom stereocenters. The van der Waals surface area contributed by atoms with Gasteiger partial charge in [-0.2, -0.15) is 18.2 Å². The van der Waals surface area contributed by atoms with E-state index in [2.05, 4.69) is 10.3 Å². The van der Waals surface area contributed by atoms with Crippen LogP contribution in [0.25, 0.3) is 5.69 Å². The van der Waals surface area contributed by atoms with Crippen LogP contribution in [-0.4, -0.2) is 87.0 Å². The largest absolute Gasteiger partial charge is 0.416 e. The molecule has 2 aliphatic heterocycles. The Hall–Kier alpha value is -3.20. The van der Waals surface area contributed by atoms with Crippen molar-refractivity contribution in [2.75, 3.05) is 44.6 Å². The molecule has 1 aliphatic carbocycles. The van der Waals surface area contributed by atoms with Crippen molar-refractivity contribution in [3.63, 3.8) is 0 Å². The Morgan fingerprint density at radius 1 is 1.05 bits per heavy atom. The molecule has 0 bridgehead atoms. The Morgan fingerprint density at radius 2 is 1.67 bits per heavy atom. The van der Waals surface area contributed by atoms with Crippen LogP contribution in [0.15, 0.2) is 35.3 Å². The number of rotatable bonds is 6. The van der Waals surface area contributed by atoms with Gasteiger partial charge in [0.15, 0.2) is 0 Å². The standard InChI is InChI=1S/C27H35F3N8O3.ClH/c1-26(2,32)12-22(39)36-7-9-37(10-8-36)24(40)33-21-5-6-38(25(41)34-21)17-4-3-16(20(11-17)27(28,29)30)13-35-14-18-19(15-35)23(18)31;/h3-6,11,18-19,23H,7-10,12-15,31-32H2,1-2H3,(H,33,34,40,41);1H. The van der Waals surface area contributed by atoms with E-state index < -0.39 is 29.0 Å². The molecule has 0 radical (unpaired) electrons. The van der Waals surface area contributed by atoms with Crippen molar-refractivity contribution in [2.24, 2.45) is 23.3 Å². The number of nitrogens with two attached hydrogens (primary N) is 2. The number of nitrogens with zero attached hydrogens (tertiary/aromatic N) is 5. The monoisotopic (exact) mass is 612 g/mol. The number of halogens is 4. The van der Waals surface area contributed by atoms with Crippen molar-refractivity contribution in [2.45, 2.75) is 44.6 Å². The highest BCUT2D eigenvalue weighted by molar-refractivity contribution is 5.88. The fourth-order valence-corrected chi connectivity index (χ4v) is 5.66. The van der Waals surface area contributed by atoms with E-state index in [9.17, 15) is 27.6 Å². The van der Waals surface area contributed by atoms with Gasteiger partial charge in [0.1, 0.15) is 5.82 Å². The van der Waals surface area contributed by atoms with Crippen molar-refractivity contribution in [1.29, 1.82) is 0 Å². The number of benzene rings is 1. The summed E-state index contributed by atoms with van der Waals surface area (Å²) < 4.78 is 42.9. The Kier molecular flexibility index (Phi) is 8.93. The molecule has 5 rings (SSSR count). The summed E-state index contributed by atoms with van der Waals surface area (Å²) in [5.41, 5.74) is 9.75. The van der Waals surface area contributed by atoms with Crippen LogP contribution in [0.2, 0.25) is 0 Å². The molecule has 3 heterocycles. The van der Waals surface area contributed by atoms with E-state index in [1.165, 1.54) is 29.3 Å². The van der Waals surface area contributed by atoms with Gasteiger partial charge in [0.25, 0.3) is 0 Å². The van der Waals surface area contributed by atoms with Crippen LogP contribution in [0.1, 0.15) is 31.4 Å². The lowest BCUT2D eigenvalue weighted by Gasteiger charge is -2.35. The second kappa shape index (κ2) is 11.8. The second-order valence-electron chi connectivity index (χ2n) is 11.9. The summed E-state index contributed by atoms with van der Waals surface area (Å²) in [5, 5.41) is 2.55. The molecule has 42 heavy (non-hydrogen) atoms. The number of piperidine rings is 1. The van der Waals surface area contributed by atoms with Crippen molar-refractivity contribution in [1.82, 2.24) is 24.3 Å². The molecule has 1 aromatic carbocycles. The fourth-order valence-electron chi connectivity index (χ4n) is 5.66. The summed E-state index contributed by atoms with van der Waals surface area (Å²) in [4.78, 5) is 46.8. The van der Waals surface area contributed by atoms with Crippen LogP contribution < -0.4 is 22.5 Å². The molecular weight excluding hydrogens is 577 g/mol. The minimum atomic E-state index is -4.61. The SMILES string of the molecule is CC(C)(N)CC(=O)N1CCN(C(=O)Nc2ccn(-c3ccc(CN4CC5C(N)C5C4)c(C(F)(F)F)c3)c(=O)n2)CC1.Cl. The zero-order chi connectivity index (χ0) is 29.7. The van der Waals surface area contributed by atoms with Gasteiger partial charge in [-0.3, -0.25) is 19.6 Å². The van der Waals surface area contributed by atoms with Crippen LogP contribution in [0, 0.1) is 11.8 Å². The van der Waals surface area contributed by atoms with Crippen LogP contribution in [0.4, 0.5) is 23.8 Å². The predicted octanol–water partition coefficient (Wildman–Crippen LogP) is 1.87. The number of carbonyl (C=O) groups excluding carboxylic acids is 2. The summed E-state index contributed by atoms with van der Waals surface area (Å²) in [6.45, 7) is 6.34. The third-order valence-electron chi connectivity index (χ3n) is 7.97. The number of likely N-dealkylation sites (tertiary alicyclic amines) is 1. The summed E-state index contributed by atoms with van der Waals surface area (Å²) in [5.74, 6) is 0.602. The first-order valence-corrected chi connectivity index (χ1v) is 13.6. The van der Waals surface area contributed by atoms with E-state index in [4.69, 9.17) is 11.5 Å². The smallest absolute Gasteiger partial charge is 0.339 e. The predicted molar refractivity (Wildman–Crippen MR) is 152 cm³/mol. The second-order valence-corrected chi connectivity index (χ2v) is 11.9. The van der Waals surface area contributed by atoms with Gasteiger partial charge in [0, 0.05) is 70.0 Å². The van der Waals surface area contributed by atoms with E-state index in [0.717, 1.165) is 10.6 Å². The molecule has 1 aromatic heterocycles. The molecule has 2 aromatic rings. The first-order chi connectivity index (χ1) is 19.2. The zero-order valence-corrected chi connectivity index (χ0v) is 24.2. The summed E-state index contributed by atoms with van der Waals surface area (Å²) >= 11 is 0. The summed E-state index contributed by atoms with van der Waals surface area (Å²) in [6, 6.07) is 4.81. The van der Waals surface area contributed by atoms with Crippen molar-refractivity contribution < 1.29 is 22.8 Å². The van der Waals surface area contributed by atoms with Gasteiger partial charge < -0.3 is 21.3 Å². The molecular formula is C27H36ClF3N8O3. The lowest BCUT2D eigenvalue weighted by Crippen LogP contribution is -2.53. The Balaban J connectivity index is 0.00000405. The maximum absolute atomic E-state index is 14.0. The number of piperazine rings is 1. The quantitative estimate of drug-likeness (QED) is 0.452. The normalized spacial score (nSPS) is 22.4. The number of amides is 3. The van der Waals surface area contributed by atoms with Gasteiger partial charge in [-0.25, -0.2) is 9.59 Å². The minimum absolute atomic E-state index is 0. The number of nitrogens with one attached hydrogen (secondary N) is 1. The van der Waals surface area contributed by atoms with Crippen molar-refractivity contribution in [3.05, 3.63) is 52.1 Å². The highest BCUT2D eigenvalue weighted by Gasteiger charge is 2.53. The van der Waals surface area contributed by atoms with Gasteiger partial charge in [0.05, 0.1) is 11.3 Å². The van der Waals surface area contributed by atoms with E-state index in [1.807, 2.05) is 4.90 Å². The number of anilines is 1. The lowest BCUT2D eigenvalue weighted by atomic mass is 10.0. The van der Waals surface area contributed by atoms with Crippen molar-refractivity contribution >= 4 is 30.2 Å². The van der Waals surface area contributed by atoms with Crippen LogP contribution >= 0.6 is 12.4 Å².